The average Bonchev–Trinajstić information content (AvgIpc) is 3.34. The molecule has 0 radical (unpaired) electrons. The number of aliphatic hydroxyl groups excluding tert-OH is 1. The van der Waals surface area contributed by atoms with Crippen LogP contribution in [-0.4, -0.2) is 22.8 Å². The lowest BCUT2D eigenvalue weighted by molar-refractivity contribution is -0.143. The molecule has 0 aromatic heterocycles. The SMILES string of the molecule is O=C(O)C1(c2ccc3c(c2)OC[C@H](C(c2ccccc2)c2ccccc2)[C@H]3O)CCCC1. The Kier molecular flexibility index (Phi) is 5.48. The molecule has 1 aliphatic carbocycles. The van der Waals surface area contributed by atoms with E-state index in [1.54, 1.807) is 0 Å². The molecule has 0 saturated heterocycles. The molecule has 3 aromatic carbocycles. The van der Waals surface area contributed by atoms with E-state index in [9.17, 15) is 15.0 Å². The zero-order valence-electron chi connectivity index (χ0n) is 18.0. The van der Waals surface area contributed by atoms with Crippen molar-refractivity contribution in [2.75, 3.05) is 6.61 Å². The summed E-state index contributed by atoms with van der Waals surface area (Å²) in [5.74, 6) is -0.325. The lowest BCUT2D eigenvalue weighted by Gasteiger charge is -2.37. The first kappa shape index (κ1) is 20.8. The Labute approximate surface area is 188 Å². The van der Waals surface area contributed by atoms with Crippen LogP contribution in [0.15, 0.2) is 78.9 Å². The number of carboxylic acid groups (broad SMARTS) is 1. The van der Waals surface area contributed by atoms with E-state index in [0.717, 1.165) is 35.1 Å². The van der Waals surface area contributed by atoms with Gasteiger partial charge in [0.15, 0.2) is 0 Å². The molecule has 1 saturated carbocycles. The van der Waals surface area contributed by atoms with Gasteiger partial charge in [0.2, 0.25) is 0 Å². The first-order chi connectivity index (χ1) is 15.6. The Bertz CT molecular complexity index is 1050. The molecule has 5 rings (SSSR count). The predicted molar refractivity (Wildman–Crippen MR) is 123 cm³/mol. The second-order valence-corrected chi connectivity index (χ2v) is 9.07. The van der Waals surface area contributed by atoms with Crippen LogP contribution in [0.1, 0.15) is 60.0 Å². The molecular weight excluding hydrogens is 400 g/mol. The lowest BCUT2D eigenvalue weighted by atomic mass is 9.74. The van der Waals surface area contributed by atoms with E-state index in [-0.39, 0.29) is 11.8 Å². The van der Waals surface area contributed by atoms with Crippen LogP contribution in [0.4, 0.5) is 0 Å². The van der Waals surface area contributed by atoms with Crippen molar-refractivity contribution in [2.24, 2.45) is 5.92 Å². The van der Waals surface area contributed by atoms with Gasteiger partial charge in [0.25, 0.3) is 0 Å². The minimum atomic E-state index is -0.837. The highest BCUT2D eigenvalue weighted by atomic mass is 16.5. The number of hydrogen-bond acceptors (Lipinski definition) is 3. The van der Waals surface area contributed by atoms with Crippen LogP contribution in [-0.2, 0) is 10.2 Å². The van der Waals surface area contributed by atoms with Crippen molar-refractivity contribution in [2.45, 2.75) is 43.1 Å². The summed E-state index contributed by atoms with van der Waals surface area (Å²) in [4.78, 5) is 12.1. The Balaban J connectivity index is 1.51. The minimum Gasteiger partial charge on any atom is -0.493 e. The van der Waals surface area contributed by atoms with E-state index in [1.807, 2.05) is 54.6 Å². The molecule has 4 heteroatoms. The Morgan fingerprint density at radius 3 is 2.06 bits per heavy atom. The van der Waals surface area contributed by atoms with Gasteiger partial charge in [0.1, 0.15) is 5.75 Å². The maximum atomic E-state index is 12.1. The molecule has 1 aliphatic heterocycles. The number of benzene rings is 3. The van der Waals surface area contributed by atoms with E-state index >= 15 is 0 Å². The van der Waals surface area contributed by atoms with Crippen molar-refractivity contribution < 1.29 is 19.7 Å². The van der Waals surface area contributed by atoms with Gasteiger partial charge in [0, 0.05) is 17.4 Å². The van der Waals surface area contributed by atoms with E-state index < -0.39 is 17.5 Å². The molecule has 4 nitrogen and oxygen atoms in total. The van der Waals surface area contributed by atoms with E-state index in [2.05, 4.69) is 24.3 Å². The topological polar surface area (TPSA) is 66.8 Å². The summed E-state index contributed by atoms with van der Waals surface area (Å²) in [6.07, 6.45) is 2.44. The number of carbonyl (C=O) groups is 1. The monoisotopic (exact) mass is 428 g/mol. The third-order valence-electron chi connectivity index (χ3n) is 7.33. The summed E-state index contributed by atoms with van der Waals surface area (Å²) in [6, 6.07) is 26.1. The first-order valence-corrected chi connectivity index (χ1v) is 11.4. The van der Waals surface area contributed by atoms with Crippen LogP contribution in [0.3, 0.4) is 0 Å². The summed E-state index contributed by atoms with van der Waals surface area (Å²) >= 11 is 0. The molecule has 164 valence electrons. The standard InChI is InChI=1S/C28H28O4/c29-26-22-14-13-21(28(27(30)31)15-7-8-16-28)17-24(22)32-18-23(26)25(19-9-3-1-4-10-19)20-11-5-2-6-12-20/h1-6,9-14,17,23,25-26,29H,7-8,15-16,18H2,(H,30,31)/t23-,26+/m1/s1. The molecule has 0 spiro atoms. The highest BCUT2D eigenvalue weighted by Crippen LogP contribution is 2.48. The molecule has 0 amide bonds. The smallest absolute Gasteiger partial charge is 0.314 e. The van der Waals surface area contributed by atoms with Gasteiger partial charge in [-0.25, -0.2) is 0 Å². The summed E-state index contributed by atoms with van der Waals surface area (Å²) in [5, 5.41) is 21.4. The van der Waals surface area contributed by atoms with Gasteiger partial charge >= 0.3 is 5.97 Å². The van der Waals surface area contributed by atoms with Crippen molar-refractivity contribution in [3.8, 4) is 5.75 Å². The summed E-state index contributed by atoms with van der Waals surface area (Å²) in [7, 11) is 0. The lowest BCUT2D eigenvalue weighted by Crippen LogP contribution is -2.34. The second-order valence-electron chi connectivity index (χ2n) is 9.07. The molecule has 2 atom stereocenters. The van der Waals surface area contributed by atoms with Gasteiger partial charge in [0.05, 0.1) is 18.1 Å². The normalized spacial score (nSPS) is 21.7. The largest absolute Gasteiger partial charge is 0.493 e. The molecule has 2 aliphatic rings. The third-order valence-corrected chi connectivity index (χ3v) is 7.33. The van der Waals surface area contributed by atoms with E-state index in [0.29, 0.717) is 25.2 Å². The molecule has 1 heterocycles. The number of ether oxygens (including phenoxy) is 1. The Morgan fingerprint density at radius 1 is 0.906 bits per heavy atom. The fourth-order valence-electron chi connectivity index (χ4n) is 5.60. The number of aliphatic carboxylic acids is 1. The van der Waals surface area contributed by atoms with Crippen molar-refractivity contribution in [1.29, 1.82) is 0 Å². The van der Waals surface area contributed by atoms with Crippen LogP contribution in [0, 0.1) is 5.92 Å². The first-order valence-electron chi connectivity index (χ1n) is 11.4. The quantitative estimate of drug-likeness (QED) is 0.567. The molecule has 32 heavy (non-hydrogen) atoms. The summed E-state index contributed by atoms with van der Waals surface area (Å²) < 4.78 is 6.20. The zero-order chi connectivity index (χ0) is 22.1. The predicted octanol–water partition coefficient (Wildman–Crippen LogP) is 5.46. The Morgan fingerprint density at radius 2 is 1.50 bits per heavy atom. The maximum absolute atomic E-state index is 12.1. The maximum Gasteiger partial charge on any atom is 0.314 e. The van der Waals surface area contributed by atoms with Crippen molar-refractivity contribution in [3.63, 3.8) is 0 Å². The highest BCUT2D eigenvalue weighted by Gasteiger charge is 2.44. The van der Waals surface area contributed by atoms with Gasteiger partial charge in [-0.05, 0) is 35.6 Å². The van der Waals surface area contributed by atoms with Crippen LogP contribution in [0.2, 0.25) is 0 Å². The van der Waals surface area contributed by atoms with Crippen LogP contribution < -0.4 is 4.74 Å². The fourth-order valence-corrected chi connectivity index (χ4v) is 5.60. The van der Waals surface area contributed by atoms with Gasteiger partial charge < -0.3 is 14.9 Å². The number of rotatable bonds is 5. The van der Waals surface area contributed by atoms with Crippen molar-refractivity contribution in [3.05, 3.63) is 101 Å². The summed E-state index contributed by atoms with van der Waals surface area (Å²) in [5.41, 5.74) is 2.97. The molecular formula is C28H28O4. The minimum absolute atomic E-state index is 0.0135. The highest BCUT2D eigenvalue weighted by molar-refractivity contribution is 5.82. The zero-order valence-corrected chi connectivity index (χ0v) is 18.0. The van der Waals surface area contributed by atoms with Gasteiger partial charge in [-0.1, -0.05) is 85.6 Å². The van der Waals surface area contributed by atoms with E-state index in [1.165, 1.54) is 0 Å². The molecule has 1 fully saturated rings. The molecule has 2 N–H and O–H groups in total. The number of hydrogen-bond donors (Lipinski definition) is 2. The Hall–Kier alpha value is -3.11. The van der Waals surface area contributed by atoms with Crippen LogP contribution in [0.5, 0.6) is 5.75 Å². The van der Waals surface area contributed by atoms with Crippen LogP contribution in [0.25, 0.3) is 0 Å². The third kappa shape index (κ3) is 3.49. The van der Waals surface area contributed by atoms with Crippen molar-refractivity contribution in [1.82, 2.24) is 0 Å². The fraction of sp³-hybridized carbons (Fsp3) is 0.321. The molecule has 0 unspecified atom stereocenters. The summed E-state index contributed by atoms with van der Waals surface area (Å²) in [6.45, 7) is 0.367. The second kappa shape index (κ2) is 8.44. The molecule has 3 aromatic rings. The number of aliphatic hydroxyl groups is 1. The number of carboxylic acids is 1. The average molecular weight is 429 g/mol. The van der Waals surface area contributed by atoms with Gasteiger partial charge in [-0.2, -0.15) is 0 Å². The van der Waals surface area contributed by atoms with E-state index in [4.69, 9.17) is 4.74 Å². The molecule has 0 bridgehead atoms. The van der Waals surface area contributed by atoms with Crippen LogP contribution >= 0.6 is 0 Å². The van der Waals surface area contributed by atoms with Gasteiger partial charge in [-0.15, -0.1) is 0 Å². The van der Waals surface area contributed by atoms with Crippen molar-refractivity contribution >= 4 is 5.97 Å². The van der Waals surface area contributed by atoms with Gasteiger partial charge in [-0.3, -0.25) is 4.79 Å². The number of fused-ring (bicyclic) bond motifs is 1.